The van der Waals surface area contributed by atoms with Crippen molar-refractivity contribution in [2.45, 2.75) is 12.6 Å². The number of carbonyl (C=O) groups excluding carboxylic acids is 1. The van der Waals surface area contributed by atoms with Gasteiger partial charge in [0.2, 0.25) is 0 Å². The number of aromatic amines is 1. The van der Waals surface area contributed by atoms with Gasteiger partial charge in [-0.2, -0.15) is 5.26 Å². The van der Waals surface area contributed by atoms with E-state index in [2.05, 4.69) is 15.6 Å². The van der Waals surface area contributed by atoms with Crippen molar-refractivity contribution in [2.24, 2.45) is 0 Å². The van der Waals surface area contributed by atoms with Crippen LogP contribution < -0.4 is 16.2 Å². The maximum absolute atomic E-state index is 13.7. The zero-order valence-corrected chi connectivity index (χ0v) is 15.9. The molecule has 0 radical (unpaired) electrons. The summed E-state index contributed by atoms with van der Waals surface area (Å²) in [5, 5.41) is 15.6. The van der Waals surface area contributed by atoms with Crippen molar-refractivity contribution in [2.75, 3.05) is 18.9 Å². The molecular weight excluding hydrogens is 392 g/mol. The van der Waals surface area contributed by atoms with E-state index >= 15 is 0 Å². The first kappa shape index (κ1) is 19.5. The number of fused-ring (bicyclic) bond motifs is 3. The Labute approximate surface area is 169 Å². The minimum atomic E-state index is -0.670. The second-order valence-corrected chi connectivity index (χ2v) is 7.03. The number of benzene rings is 2. The Bertz CT molecular complexity index is 1260. The van der Waals surface area contributed by atoms with Crippen LogP contribution in [0.2, 0.25) is 0 Å². The number of rotatable bonds is 2. The molecule has 2 amide bonds. The number of pyridine rings is 1. The summed E-state index contributed by atoms with van der Waals surface area (Å²) < 4.78 is 27.2. The standard InChI is InChI=1S/C21H17F2N5O2/c1-28(21(30)26-13-3-5-16(23)11(6-13)8-24)18-10-25-9-17-19(18)14-4-2-12(22)7-15(14)20(29)27-17/h2-7,18,25H,9-10H2,1H3,(H,26,30)(H,27,29). The number of aromatic nitrogens is 1. The Kier molecular flexibility index (Phi) is 4.93. The van der Waals surface area contributed by atoms with Gasteiger partial charge in [0.1, 0.15) is 17.7 Å². The van der Waals surface area contributed by atoms with Gasteiger partial charge in [-0.25, -0.2) is 13.6 Å². The number of nitriles is 1. The van der Waals surface area contributed by atoms with Crippen molar-refractivity contribution < 1.29 is 13.6 Å². The number of anilines is 1. The molecule has 3 N–H and O–H groups in total. The fourth-order valence-corrected chi connectivity index (χ4v) is 3.70. The highest BCUT2D eigenvalue weighted by atomic mass is 19.1. The van der Waals surface area contributed by atoms with Crippen LogP contribution in [-0.4, -0.2) is 29.5 Å². The summed E-state index contributed by atoms with van der Waals surface area (Å²) in [4.78, 5) is 29.4. The van der Waals surface area contributed by atoms with Crippen LogP contribution in [0.4, 0.5) is 19.3 Å². The van der Waals surface area contributed by atoms with Gasteiger partial charge in [-0.15, -0.1) is 0 Å². The van der Waals surface area contributed by atoms with E-state index in [-0.39, 0.29) is 16.6 Å². The minimum Gasteiger partial charge on any atom is -0.324 e. The highest BCUT2D eigenvalue weighted by Crippen LogP contribution is 2.31. The summed E-state index contributed by atoms with van der Waals surface area (Å²) in [6.45, 7) is 0.829. The largest absolute Gasteiger partial charge is 0.324 e. The van der Waals surface area contributed by atoms with Gasteiger partial charge in [-0.05, 0) is 35.7 Å². The van der Waals surface area contributed by atoms with Crippen molar-refractivity contribution in [3.8, 4) is 6.07 Å². The quantitative estimate of drug-likeness (QED) is 0.606. The monoisotopic (exact) mass is 409 g/mol. The number of likely N-dealkylation sites (N-methyl/N-ethyl adjacent to an activating group) is 1. The number of hydrogen-bond donors (Lipinski definition) is 3. The lowest BCUT2D eigenvalue weighted by molar-refractivity contribution is 0.200. The van der Waals surface area contributed by atoms with Crippen molar-refractivity contribution in [3.63, 3.8) is 0 Å². The second kappa shape index (κ2) is 7.57. The summed E-state index contributed by atoms with van der Waals surface area (Å²) in [6, 6.07) is 8.53. The third kappa shape index (κ3) is 3.38. The van der Waals surface area contributed by atoms with Gasteiger partial charge in [0.25, 0.3) is 5.56 Å². The Hall–Kier alpha value is -3.77. The first-order chi connectivity index (χ1) is 14.4. The molecule has 4 rings (SSSR count). The Morgan fingerprint density at radius 3 is 2.80 bits per heavy atom. The average molecular weight is 409 g/mol. The molecular formula is C21H17F2N5O2. The van der Waals surface area contributed by atoms with Crippen LogP contribution in [0.3, 0.4) is 0 Å². The first-order valence-corrected chi connectivity index (χ1v) is 9.17. The Morgan fingerprint density at radius 1 is 1.23 bits per heavy atom. The van der Waals surface area contributed by atoms with E-state index in [4.69, 9.17) is 5.26 Å². The highest BCUT2D eigenvalue weighted by Gasteiger charge is 2.30. The molecule has 1 aliphatic rings. The van der Waals surface area contributed by atoms with Gasteiger partial charge in [0.05, 0.1) is 17.0 Å². The van der Waals surface area contributed by atoms with E-state index < -0.39 is 29.3 Å². The lowest BCUT2D eigenvalue weighted by Gasteiger charge is -2.34. The lowest BCUT2D eigenvalue weighted by Crippen LogP contribution is -2.43. The van der Waals surface area contributed by atoms with Crippen LogP contribution in [0.15, 0.2) is 41.2 Å². The van der Waals surface area contributed by atoms with Gasteiger partial charge < -0.3 is 20.5 Å². The van der Waals surface area contributed by atoms with Crippen LogP contribution in [0.1, 0.15) is 22.9 Å². The zero-order chi connectivity index (χ0) is 21.4. The third-order valence-electron chi connectivity index (χ3n) is 5.20. The summed E-state index contributed by atoms with van der Waals surface area (Å²) in [5.74, 6) is -1.19. The summed E-state index contributed by atoms with van der Waals surface area (Å²) in [7, 11) is 1.59. The molecule has 1 aromatic heterocycles. The Morgan fingerprint density at radius 2 is 2.03 bits per heavy atom. The van der Waals surface area contributed by atoms with Crippen LogP contribution >= 0.6 is 0 Å². The fourth-order valence-electron chi connectivity index (χ4n) is 3.70. The lowest BCUT2D eigenvalue weighted by atomic mass is 9.94. The highest BCUT2D eigenvalue weighted by molar-refractivity contribution is 5.91. The molecule has 30 heavy (non-hydrogen) atoms. The molecule has 1 unspecified atom stereocenters. The van der Waals surface area contributed by atoms with Crippen LogP contribution in [0, 0.1) is 23.0 Å². The van der Waals surface area contributed by atoms with Gasteiger partial charge >= 0.3 is 6.03 Å². The maximum Gasteiger partial charge on any atom is 0.322 e. The van der Waals surface area contributed by atoms with Crippen LogP contribution in [-0.2, 0) is 6.54 Å². The number of carbonyl (C=O) groups is 1. The number of hydrogen-bond acceptors (Lipinski definition) is 4. The van der Waals surface area contributed by atoms with Crippen LogP contribution in [0.25, 0.3) is 10.8 Å². The number of amides is 2. The van der Waals surface area contributed by atoms with Crippen molar-refractivity contribution in [1.82, 2.24) is 15.2 Å². The minimum absolute atomic E-state index is 0.175. The normalized spacial score (nSPS) is 15.3. The third-order valence-corrected chi connectivity index (χ3v) is 5.20. The fraction of sp³-hybridized carbons (Fsp3) is 0.190. The molecule has 7 nitrogen and oxygen atoms in total. The van der Waals surface area contributed by atoms with E-state index in [9.17, 15) is 18.4 Å². The molecule has 9 heteroatoms. The number of nitrogens with zero attached hydrogens (tertiary/aromatic N) is 2. The topological polar surface area (TPSA) is 101 Å². The smallest absolute Gasteiger partial charge is 0.322 e. The molecule has 0 saturated carbocycles. The average Bonchev–Trinajstić information content (AvgIpc) is 2.74. The molecule has 1 aliphatic heterocycles. The van der Waals surface area contributed by atoms with Crippen molar-refractivity contribution in [1.29, 1.82) is 5.26 Å². The van der Waals surface area contributed by atoms with Gasteiger partial charge in [0.15, 0.2) is 0 Å². The molecule has 0 spiro atoms. The van der Waals surface area contributed by atoms with Crippen molar-refractivity contribution >= 4 is 22.5 Å². The SMILES string of the molecule is CN(C(=O)Nc1ccc(F)c(C#N)c1)C1CNCc2[nH]c(=O)c3cc(F)ccc3c21. The van der Waals surface area contributed by atoms with Gasteiger partial charge in [-0.3, -0.25) is 4.79 Å². The van der Waals surface area contributed by atoms with E-state index in [1.54, 1.807) is 19.2 Å². The predicted octanol–water partition coefficient (Wildman–Crippen LogP) is 2.99. The second-order valence-electron chi connectivity index (χ2n) is 7.03. The van der Waals surface area contributed by atoms with E-state index in [1.807, 2.05) is 0 Å². The molecule has 1 atom stereocenters. The van der Waals surface area contributed by atoms with E-state index in [0.717, 1.165) is 11.6 Å². The number of nitrogens with one attached hydrogen (secondary N) is 3. The molecule has 152 valence electrons. The predicted molar refractivity (Wildman–Crippen MR) is 107 cm³/mol. The first-order valence-electron chi connectivity index (χ1n) is 9.17. The van der Waals surface area contributed by atoms with E-state index in [0.29, 0.717) is 24.2 Å². The molecule has 0 saturated heterocycles. The number of urea groups is 1. The van der Waals surface area contributed by atoms with E-state index in [1.165, 1.54) is 29.2 Å². The maximum atomic E-state index is 13.7. The molecule has 0 aliphatic carbocycles. The molecule has 0 bridgehead atoms. The molecule has 0 fully saturated rings. The van der Waals surface area contributed by atoms with Gasteiger partial charge in [-0.1, -0.05) is 6.07 Å². The summed E-state index contributed by atoms with van der Waals surface area (Å²) >= 11 is 0. The Balaban J connectivity index is 1.70. The molecule has 2 heterocycles. The summed E-state index contributed by atoms with van der Waals surface area (Å²) in [5.41, 5.74) is 1.07. The van der Waals surface area contributed by atoms with Crippen LogP contribution in [0.5, 0.6) is 0 Å². The number of halogens is 2. The molecule has 2 aromatic carbocycles. The van der Waals surface area contributed by atoms with Crippen molar-refractivity contribution in [3.05, 3.63) is 75.2 Å². The molecule has 3 aromatic rings. The van der Waals surface area contributed by atoms with Gasteiger partial charge in [0, 0.05) is 37.1 Å². The summed E-state index contributed by atoms with van der Waals surface area (Å²) in [6.07, 6.45) is 0. The number of H-pyrrole nitrogens is 1. The zero-order valence-electron chi connectivity index (χ0n) is 15.9.